The minimum absolute atomic E-state index is 0.0335. The fourth-order valence-electron chi connectivity index (χ4n) is 3.22. The molecule has 1 aromatic carbocycles. The molecule has 1 amide bonds. The van der Waals surface area contributed by atoms with Gasteiger partial charge in [0.1, 0.15) is 0 Å². The van der Waals surface area contributed by atoms with Crippen molar-refractivity contribution in [3.63, 3.8) is 0 Å². The molecule has 0 spiro atoms. The summed E-state index contributed by atoms with van der Waals surface area (Å²) in [5.41, 5.74) is 13.3. The zero-order valence-corrected chi connectivity index (χ0v) is 15.4. The lowest BCUT2D eigenvalue weighted by Crippen LogP contribution is -2.48. The summed E-state index contributed by atoms with van der Waals surface area (Å²) in [6.45, 7) is 1.08. The molecule has 3 heterocycles. The summed E-state index contributed by atoms with van der Waals surface area (Å²) in [7, 11) is 1.96. The highest BCUT2D eigenvalue weighted by Crippen LogP contribution is 2.24. The Kier molecular flexibility index (Phi) is 4.80. The lowest BCUT2D eigenvalue weighted by atomic mass is 10.1. The maximum atomic E-state index is 11.8. The Morgan fingerprint density at radius 2 is 2.18 bits per heavy atom. The average Bonchev–Trinajstić information content (AvgIpc) is 3.04. The second-order valence-corrected chi connectivity index (χ2v) is 6.80. The Morgan fingerprint density at radius 1 is 1.32 bits per heavy atom. The Hall–Kier alpha value is -3.24. The van der Waals surface area contributed by atoms with E-state index in [0.29, 0.717) is 13.2 Å². The predicted molar refractivity (Wildman–Crippen MR) is 105 cm³/mol. The van der Waals surface area contributed by atoms with Crippen LogP contribution in [0.25, 0.3) is 10.9 Å². The Labute approximate surface area is 161 Å². The molecule has 146 valence electrons. The molecule has 2 aromatic heterocycles. The van der Waals surface area contributed by atoms with Crippen LogP contribution in [-0.2, 0) is 11.8 Å². The molecule has 0 saturated carbocycles. The van der Waals surface area contributed by atoms with E-state index in [-0.39, 0.29) is 29.5 Å². The first-order chi connectivity index (χ1) is 13.5. The highest BCUT2D eigenvalue weighted by molar-refractivity contribution is 5.96. The van der Waals surface area contributed by atoms with Crippen LogP contribution in [-0.4, -0.2) is 51.0 Å². The number of nitrogens with one attached hydrogen (secondary N) is 2. The molecular weight excluding hydrogens is 360 g/mol. The van der Waals surface area contributed by atoms with E-state index in [4.69, 9.17) is 16.2 Å². The summed E-state index contributed by atoms with van der Waals surface area (Å²) in [5.74, 6) is -0.203. The van der Waals surface area contributed by atoms with Crippen LogP contribution < -0.4 is 22.1 Å². The number of anilines is 3. The standard InChI is InChI=1S/C18H22N8O2/c1-26-6-4-10-2-3-11(8-14(10)26)21-17-15(16(20)27)24-25-18(23-17)22-13-5-7-28-9-12(13)19/h2-4,6,8,12-13H,5,7,9,19H2,1H3,(H2,20,27)(H2,21,22,23,25)/t12-,13+/m0/s1. The zero-order valence-electron chi connectivity index (χ0n) is 15.4. The monoisotopic (exact) mass is 382 g/mol. The van der Waals surface area contributed by atoms with E-state index in [9.17, 15) is 4.79 Å². The minimum atomic E-state index is -0.711. The number of carbonyl (C=O) groups excluding carboxylic acids is 1. The van der Waals surface area contributed by atoms with Gasteiger partial charge in [-0.1, -0.05) is 6.07 Å². The largest absolute Gasteiger partial charge is 0.380 e. The first-order valence-corrected chi connectivity index (χ1v) is 8.98. The van der Waals surface area contributed by atoms with Crippen LogP contribution in [0.15, 0.2) is 30.5 Å². The SMILES string of the molecule is Cn1ccc2ccc(Nc3nc(N[C@@H]4CCOC[C@@H]4N)nnc3C(N)=O)cc21. The molecule has 2 atom stereocenters. The molecule has 1 aliphatic heterocycles. The molecule has 28 heavy (non-hydrogen) atoms. The predicted octanol–water partition coefficient (Wildman–Crippen LogP) is 0.734. The van der Waals surface area contributed by atoms with Crippen molar-refractivity contribution in [2.45, 2.75) is 18.5 Å². The smallest absolute Gasteiger partial charge is 0.273 e. The molecular formula is C18H22N8O2. The lowest BCUT2D eigenvalue weighted by Gasteiger charge is -2.29. The number of nitrogens with zero attached hydrogens (tertiary/aromatic N) is 4. The van der Waals surface area contributed by atoms with Gasteiger partial charge in [0.15, 0.2) is 11.5 Å². The van der Waals surface area contributed by atoms with E-state index >= 15 is 0 Å². The third kappa shape index (κ3) is 3.59. The van der Waals surface area contributed by atoms with Crippen LogP contribution in [0.5, 0.6) is 0 Å². The van der Waals surface area contributed by atoms with Crippen molar-refractivity contribution < 1.29 is 9.53 Å². The van der Waals surface area contributed by atoms with Crippen molar-refractivity contribution in [3.05, 3.63) is 36.2 Å². The van der Waals surface area contributed by atoms with Gasteiger partial charge in [-0.3, -0.25) is 4.79 Å². The van der Waals surface area contributed by atoms with E-state index < -0.39 is 5.91 Å². The number of ether oxygens (including phenoxy) is 1. The topological polar surface area (TPSA) is 146 Å². The molecule has 1 fully saturated rings. The number of aryl methyl sites for hydroxylation is 1. The van der Waals surface area contributed by atoms with Gasteiger partial charge in [0.25, 0.3) is 5.91 Å². The van der Waals surface area contributed by atoms with E-state index in [1.165, 1.54) is 0 Å². The third-order valence-electron chi connectivity index (χ3n) is 4.79. The molecule has 10 nitrogen and oxygen atoms in total. The third-order valence-corrected chi connectivity index (χ3v) is 4.79. The van der Waals surface area contributed by atoms with Crippen LogP contribution >= 0.6 is 0 Å². The summed E-state index contributed by atoms with van der Waals surface area (Å²) < 4.78 is 7.35. The molecule has 4 rings (SSSR count). The number of hydrogen-bond acceptors (Lipinski definition) is 8. The lowest BCUT2D eigenvalue weighted by molar-refractivity contribution is 0.0751. The number of primary amides is 1. The van der Waals surface area contributed by atoms with Crippen molar-refractivity contribution >= 4 is 34.3 Å². The number of aromatic nitrogens is 4. The summed E-state index contributed by atoms with van der Waals surface area (Å²) in [6.07, 6.45) is 2.71. The normalized spacial score (nSPS) is 19.5. The molecule has 0 aliphatic carbocycles. The molecule has 6 N–H and O–H groups in total. The van der Waals surface area contributed by atoms with Gasteiger partial charge in [-0.2, -0.15) is 4.98 Å². The quantitative estimate of drug-likeness (QED) is 0.505. The van der Waals surface area contributed by atoms with Crippen LogP contribution in [0.3, 0.4) is 0 Å². The van der Waals surface area contributed by atoms with Gasteiger partial charge in [-0.05, 0) is 30.0 Å². The van der Waals surface area contributed by atoms with Gasteiger partial charge in [0.05, 0.1) is 6.61 Å². The van der Waals surface area contributed by atoms with E-state index in [1.807, 2.05) is 42.1 Å². The van der Waals surface area contributed by atoms with E-state index in [2.05, 4.69) is 25.8 Å². The van der Waals surface area contributed by atoms with Crippen LogP contribution in [0, 0.1) is 0 Å². The zero-order chi connectivity index (χ0) is 19.7. The van der Waals surface area contributed by atoms with Crippen LogP contribution in [0.2, 0.25) is 0 Å². The number of amides is 1. The van der Waals surface area contributed by atoms with Crippen molar-refractivity contribution in [1.82, 2.24) is 19.7 Å². The Morgan fingerprint density at radius 3 is 2.96 bits per heavy atom. The maximum absolute atomic E-state index is 11.8. The van der Waals surface area contributed by atoms with E-state index in [1.54, 1.807) is 0 Å². The number of benzene rings is 1. The van der Waals surface area contributed by atoms with Crippen LogP contribution in [0.1, 0.15) is 16.9 Å². The minimum Gasteiger partial charge on any atom is -0.380 e. The molecule has 0 bridgehead atoms. The molecule has 0 unspecified atom stereocenters. The van der Waals surface area contributed by atoms with Gasteiger partial charge in [0.2, 0.25) is 5.95 Å². The summed E-state index contributed by atoms with van der Waals surface area (Å²) in [6, 6.07) is 7.66. The molecule has 10 heteroatoms. The van der Waals surface area contributed by atoms with Gasteiger partial charge < -0.3 is 31.4 Å². The van der Waals surface area contributed by atoms with Gasteiger partial charge in [0, 0.05) is 43.1 Å². The fourth-order valence-corrected chi connectivity index (χ4v) is 3.22. The maximum Gasteiger partial charge on any atom is 0.273 e. The van der Waals surface area contributed by atoms with Crippen molar-refractivity contribution in [3.8, 4) is 0 Å². The van der Waals surface area contributed by atoms with Crippen molar-refractivity contribution in [2.24, 2.45) is 18.5 Å². The number of hydrogen-bond donors (Lipinski definition) is 4. The number of carbonyl (C=O) groups is 1. The molecule has 1 aliphatic rings. The number of nitrogens with two attached hydrogens (primary N) is 2. The van der Waals surface area contributed by atoms with E-state index in [0.717, 1.165) is 23.0 Å². The molecule has 0 radical (unpaired) electrons. The summed E-state index contributed by atoms with van der Waals surface area (Å²) in [5, 5.41) is 15.3. The molecule has 1 saturated heterocycles. The second kappa shape index (κ2) is 7.41. The van der Waals surface area contributed by atoms with Crippen molar-refractivity contribution in [2.75, 3.05) is 23.8 Å². The van der Waals surface area contributed by atoms with Gasteiger partial charge in [-0.25, -0.2) is 0 Å². The summed E-state index contributed by atoms with van der Waals surface area (Å²) >= 11 is 0. The number of rotatable bonds is 5. The van der Waals surface area contributed by atoms with Crippen molar-refractivity contribution in [1.29, 1.82) is 0 Å². The highest BCUT2D eigenvalue weighted by atomic mass is 16.5. The average molecular weight is 382 g/mol. The fraction of sp³-hybridized carbons (Fsp3) is 0.333. The number of fused-ring (bicyclic) bond motifs is 1. The molecule has 3 aromatic rings. The van der Waals surface area contributed by atoms with Crippen LogP contribution in [0.4, 0.5) is 17.5 Å². The van der Waals surface area contributed by atoms with Gasteiger partial charge >= 0.3 is 0 Å². The first-order valence-electron chi connectivity index (χ1n) is 8.98. The summed E-state index contributed by atoms with van der Waals surface area (Å²) in [4.78, 5) is 16.2. The van der Waals surface area contributed by atoms with Gasteiger partial charge in [-0.15, -0.1) is 10.2 Å². The highest BCUT2D eigenvalue weighted by Gasteiger charge is 2.24. The Bertz CT molecular complexity index is 1020. The first kappa shape index (κ1) is 18.1. The Balaban J connectivity index is 1.63. The second-order valence-electron chi connectivity index (χ2n) is 6.80.